The Hall–Kier alpha value is -0.0600. The minimum Gasteiger partial charge on any atom is -0.716 e. The molecular formula is C10H8Na2O7S. The van der Waals surface area contributed by atoms with Gasteiger partial charge < -0.3 is 23.4 Å². The van der Waals surface area contributed by atoms with Gasteiger partial charge in [0.05, 0.1) is 17.1 Å². The minimum absolute atomic E-state index is 0. The first-order valence-corrected chi connectivity index (χ1v) is 5.67. The Bertz CT molecular complexity index is 674. The number of methoxy groups -OCH3 is 1. The van der Waals surface area contributed by atoms with E-state index < -0.39 is 34.9 Å². The van der Waals surface area contributed by atoms with Crippen molar-refractivity contribution in [3.63, 3.8) is 0 Å². The summed E-state index contributed by atoms with van der Waals surface area (Å²) in [4.78, 5) is 10.3. The van der Waals surface area contributed by atoms with E-state index in [9.17, 15) is 22.9 Å². The molecule has 7 nitrogen and oxygen atoms in total. The van der Waals surface area contributed by atoms with Crippen molar-refractivity contribution in [2.75, 3.05) is 7.04 Å². The van der Waals surface area contributed by atoms with Crippen LogP contribution < -0.4 is 73.1 Å². The van der Waals surface area contributed by atoms with Gasteiger partial charge in [0, 0.05) is 0 Å². The van der Waals surface area contributed by atoms with Crippen molar-refractivity contribution in [3.05, 3.63) is 29.8 Å². The van der Waals surface area contributed by atoms with E-state index in [2.05, 4.69) is 8.92 Å². The zero-order valence-electron chi connectivity index (χ0n) is 13.7. The van der Waals surface area contributed by atoms with E-state index in [1.807, 2.05) is 0 Å². The van der Waals surface area contributed by atoms with Crippen LogP contribution in [0.15, 0.2) is 24.3 Å². The maximum absolute atomic E-state index is 10.5. The fourth-order valence-corrected chi connectivity index (χ4v) is 1.41. The van der Waals surface area contributed by atoms with Gasteiger partial charge in [-0.1, -0.05) is 12.1 Å². The van der Waals surface area contributed by atoms with Crippen molar-refractivity contribution in [2.24, 2.45) is 0 Å². The summed E-state index contributed by atoms with van der Waals surface area (Å²) < 4.78 is 61.0. The third-order valence-electron chi connectivity index (χ3n) is 1.68. The van der Waals surface area contributed by atoms with Crippen LogP contribution in [0.25, 0.3) is 6.08 Å². The topological polar surface area (TPSA) is 116 Å². The normalized spacial score (nSPS) is 13.2. The van der Waals surface area contributed by atoms with Crippen LogP contribution in [-0.2, 0) is 15.2 Å². The van der Waals surface area contributed by atoms with E-state index in [-0.39, 0.29) is 64.7 Å². The monoisotopic (exact) mass is 321 g/mol. The molecule has 0 aromatic heterocycles. The third-order valence-corrected chi connectivity index (χ3v) is 2.07. The first-order chi connectivity index (χ1) is 9.46. The van der Waals surface area contributed by atoms with Gasteiger partial charge in [-0.05, 0) is 23.8 Å². The van der Waals surface area contributed by atoms with Gasteiger partial charge in [0.25, 0.3) is 10.4 Å². The minimum atomic E-state index is -5.13. The molecule has 0 saturated carbocycles. The van der Waals surface area contributed by atoms with Gasteiger partial charge in [-0.15, -0.1) is 0 Å². The van der Waals surface area contributed by atoms with E-state index in [0.29, 0.717) is 6.08 Å². The SMILES string of the molecule is [2H]C([2H])([2H])Oc1cc(/C=C/C(=O)[O-])ccc1OS(=O)(=O)[O-].[Na+].[Na+]. The molecule has 0 fully saturated rings. The van der Waals surface area contributed by atoms with Gasteiger partial charge in [0.2, 0.25) is 0 Å². The van der Waals surface area contributed by atoms with Crippen molar-refractivity contribution in [1.29, 1.82) is 0 Å². The molecule has 0 aliphatic heterocycles. The standard InChI is InChI=1S/C10H10O7S.2Na/c1-16-9-6-7(3-5-10(11)12)2-4-8(9)17-18(13,14)15;;/h2-6H,1H3,(H,11,12)(H,13,14,15);;/q;2*+1/p-2/b5-3+;;/i1D3;;. The van der Waals surface area contributed by atoms with Gasteiger partial charge in [0.1, 0.15) is 0 Å². The number of carboxylic acid groups (broad SMARTS) is 1. The largest absolute Gasteiger partial charge is 1.00 e. The fourth-order valence-electron chi connectivity index (χ4n) is 1.05. The molecule has 0 aliphatic carbocycles. The van der Waals surface area contributed by atoms with Crippen LogP contribution >= 0.6 is 0 Å². The van der Waals surface area contributed by atoms with Crippen LogP contribution in [0.1, 0.15) is 9.68 Å². The number of carbonyl (C=O) groups is 1. The second-order valence-electron chi connectivity index (χ2n) is 2.95. The van der Waals surface area contributed by atoms with Crippen molar-refractivity contribution in [3.8, 4) is 11.5 Å². The van der Waals surface area contributed by atoms with Crippen LogP contribution in [0.3, 0.4) is 0 Å². The number of carbonyl (C=O) groups excluding carboxylic acids is 1. The summed E-state index contributed by atoms with van der Waals surface area (Å²) in [6.07, 6.45) is 1.72. The number of hydrogen-bond acceptors (Lipinski definition) is 7. The van der Waals surface area contributed by atoms with E-state index in [0.717, 1.165) is 18.2 Å². The molecule has 20 heavy (non-hydrogen) atoms. The first kappa shape index (κ1) is 16.3. The van der Waals surface area contributed by atoms with E-state index >= 15 is 0 Å². The Labute approximate surface area is 164 Å². The van der Waals surface area contributed by atoms with Crippen molar-refractivity contribution in [1.82, 2.24) is 0 Å². The zero-order valence-corrected chi connectivity index (χ0v) is 15.5. The summed E-state index contributed by atoms with van der Waals surface area (Å²) in [7, 11) is -8.06. The molecule has 0 bridgehead atoms. The molecule has 0 radical (unpaired) electrons. The summed E-state index contributed by atoms with van der Waals surface area (Å²) >= 11 is 0. The van der Waals surface area contributed by atoms with Crippen molar-refractivity contribution >= 4 is 22.4 Å². The summed E-state index contributed by atoms with van der Waals surface area (Å²) in [6, 6.07) is 3.13. The quantitative estimate of drug-likeness (QED) is 0.229. The molecule has 0 aliphatic rings. The number of carboxylic acids is 1. The van der Waals surface area contributed by atoms with E-state index in [4.69, 9.17) is 4.11 Å². The molecule has 1 rings (SSSR count). The summed E-state index contributed by atoms with van der Waals surface area (Å²) in [5.74, 6) is -2.68. The van der Waals surface area contributed by atoms with Crippen LogP contribution in [-0.4, -0.2) is 26.0 Å². The summed E-state index contributed by atoms with van der Waals surface area (Å²) in [5.41, 5.74) is 0.161. The fraction of sp³-hybridized carbons (Fsp3) is 0.100. The Balaban J connectivity index is 0. The molecule has 0 saturated heterocycles. The molecule has 10 heteroatoms. The summed E-state index contributed by atoms with van der Waals surface area (Å²) in [5, 5.41) is 10.3. The van der Waals surface area contributed by atoms with E-state index in [1.165, 1.54) is 6.07 Å². The van der Waals surface area contributed by atoms with Crippen molar-refractivity contribution in [2.45, 2.75) is 0 Å². The van der Waals surface area contributed by atoms with Crippen LogP contribution in [0, 0.1) is 0 Å². The van der Waals surface area contributed by atoms with Crippen LogP contribution in [0.4, 0.5) is 0 Å². The van der Waals surface area contributed by atoms with Gasteiger partial charge >= 0.3 is 59.1 Å². The predicted molar refractivity (Wildman–Crippen MR) is 57.4 cm³/mol. The molecule has 0 heterocycles. The van der Waals surface area contributed by atoms with Crippen LogP contribution in [0.2, 0.25) is 0 Å². The van der Waals surface area contributed by atoms with Gasteiger partial charge in [0.15, 0.2) is 11.5 Å². The Morgan fingerprint density at radius 2 is 2.00 bits per heavy atom. The number of ether oxygens (including phenoxy) is 1. The predicted octanol–water partition coefficient (Wildman–Crippen LogP) is -6.69. The van der Waals surface area contributed by atoms with Crippen molar-refractivity contribution < 1.29 is 95.0 Å². The first-order valence-electron chi connectivity index (χ1n) is 5.84. The molecule has 1 aromatic carbocycles. The second kappa shape index (κ2) is 9.80. The summed E-state index contributed by atoms with van der Waals surface area (Å²) in [6.45, 7) is 0. The van der Waals surface area contributed by atoms with Gasteiger partial charge in [-0.2, -0.15) is 0 Å². The average Bonchev–Trinajstić information content (AvgIpc) is 2.25. The number of hydrogen-bond donors (Lipinski definition) is 0. The molecule has 0 unspecified atom stereocenters. The number of benzene rings is 1. The van der Waals surface area contributed by atoms with Gasteiger partial charge in [-0.25, -0.2) is 8.42 Å². The maximum Gasteiger partial charge on any atom is 1.00 e. The number of aliphatic carboxylic acids is 1. The molecule has 1 aromatic rings. The second-order valence-corrected chi connectivity index (χ2v) is 3.94. The Morgan fingerprint density at radius 1 is 1.35 bits per heavy atom. The molecule has 0 spiro atoms. The zero-order chi connectivity index (χ0) is 16.3. The smallest absolute Gasteiger partial charge is 0.716 e. The van der Waals surface area contributed by atoms with Gasteiger partial charge in [-0.3, -0.25) is 0 Å². The van der Waals surface area contributed by atoms with Crippen LogP contribution in [0.5, 0.6) is 11.5 Å². The van der Waals surface area contributed by atoms with E-state index in [1.54, 1.807) is 0 Å². The molecule has 98 valence electrons. The third kappa shape index (κ3) is 8.28. The molecular weight excluding hydrogens is 310 g/mol. The molecule has 0 atom stereocenters. The Morgan fingerprint density at radius 3 is 2.50 bits per heavy atom. The molecule has 0 N–H and O–H groups in total. The molecule has 0 amide bonds. The maximum atomic E-state index is 10.5. The average molecular weight is 321 g/mol. The number of rotatable bonds is 5. The Kier molecular flexibility index (Phi) is 7.99.